The third kappa shape index (κ3) is 3.06. The first kappa shape index (κ1) is 14.0. The summed E-state index contributed by atoms with van der Waals surface area (Å²) >= 11 is 0. The maximum Gasteiger partial charge on any atom is 0.193 e. The second kappa shape index (κ2) is 6.23. The maximum absolute atomic E-state index is 12.7. The Hall–Kier alpha value is -1.93. The predicted octanol–water partition coefficient (Wildman–Crippen LogP) is 3.52. The van der Waals surface area contributed by atoms with Crippen molar-refractivity contribution in [2.24, 2.45) is 0 Å². The van der Waals surface area contributed by atoms with Gasteiger partial charge in [-0.25, -0.2) is 0 Å². The fourth-order valence-corrected chi connectivity index (χ4v) is 2.95. The van der Waals surface area contributed by atoms with Crippen LogP contribution in [-0.4, -0.2) is 12.3 Å². The van der Waals surface area contributed by atoms with Gasteiger partial charge in [-0.2, -0.15) is 0 Å². The van der Waals surface area contributed by atoms with E-state index in [1.54, 1.807) is 0 Å². The smallest absolute Gasteiger partial charge is 0.193 e. The van der Waals surface area contributed by atoms with Gasteiger partial charge in [0.25, 0.3) is 0 Å². The Morgan fingerprint density at radius 1 is 1.10 bits per heavy atom. The van der Waals surface area contributed by atoms with Gasteiger partial charge in [0, 0.05) is 17.7 Å². The minimum Gasteiger partial charge on any atom is -0.312 e. The van der Waals surface area contributed by atoms with E-state index >= 15 is 0 Å². The van der Waals surface area contributed by atoms with E-state index in [1.807, 2.05) is 24.3 Å². The van der Waals surface area contributed by atoms with Crippen molar-refractivity contribution in [2.75, 3.05) is 6.54 Å². The third-order valence-electron chi connectivity index (χ3n) is 4.08. The molecule has 2 aromatic carbocycles. The van der Waals surface area contributed by atoms with Gasteiger partial charge in [-0.15, -0.1) is 0 Å². The van der Waals surface area contributed by atoms with Gasteiger partial charge in [-0.3, -0.25) is 4.79 Å². The van der Waals surface area contributed by atoms with Gasteiger partial charge < -0.3 is 5.32 Å². The van der Waals surface area contributed by atoms with E-state index in [9.17, 15) is 4.79 Å². The molecule has 0 saturated heterocycles. The minimum absolute atomic E-state index is 0.126. The number of hydrogen-bond acceptors (Lipinski definition) is 2. The van der Waals surface area contributed by atoms with Crippen molar-refractivity contribution in [1.82, 2.24) is 5.32 Å². The van der Waals surface area contributed by atoms with Crippen molar-refractivity contribution in [3.8, 4) is 0 Å². The van der Waals surface area contributed by atoms with Gasteiger partial charge >= 0.3 is 0 Å². The number of benzene rings is 2. The van der Waals surface area contributed by atoms with E-state index in [2.05, 4.69) is 30.4 Å². The van der Waals surface area contributed by atoms with Gasteiger partial charge in [0.15, 0.2) is 5.78 Å². The number of hydrogen-bond donors (Lipinski definition) is 1. The first-order valence-electron chi connectivity index (χ1n) is 7.74. The molecule has 2 aromatic rings. The normalized spacial score (nSPS) is 13.8. The summed E-state index contributed by atoms with van der Waals surface area (Å²) in [5.74, 6) is 0.126. The van der Waals surface area contributed by atoms with Crippen molar-refractivity contribution in [3.05, 3.63) is 70.3 Å². The zero-order chi connectivity index (χ0) is 14.7. The Balaban J connectivity index is 1.89. The number of nitrogens with one attached hydrogen (secondary N) is 1. The van der Waals surface area contributed by atoms with Crippen molar-refractivity contribution < 1.29 is 4.79 Å². The summed E-state index contributed by atoms with van der Waals surface area (Å²) in [6.45, 7) is 4.05. The van der Waals surface area contributed by atoms with Crippen LogP contribution in [0.5, 0.6) is 0 Å². The summed E-state index contributed by atoms with van der Waals surface area (Å²) in [7, 11) is 0. The van der Waals surface area contributed by atoms with E-state index in [0.717, 1.165) is 43.5 Å². The zero-order valence-corrected chi connectivity index (χ0v) is 12.5. The van der Waals surface area contributed by atoms with E-state index in [1.165, 1.54) is 16.7 Å². The molecule has 0 atom stereocenters. The highest BCUT2D eigenvalue weighted by atomic mass is 16.1. The van der Waals surface area contributed by atoms with Gasteiger partial charge in [-0.1, -0.05) is 43.7 Å². The van der Waals surface area contributed by atoms with Crippen molar-refractivity contribution in [1.29, 1.82) is 0 Å². The van der Waals surface area contributed by atoms with Crippen molar-refractivity contribution in [3.63, 3.8) is 0 Å². The molecule has 0 aromatic heterocycles. The highest BCUT2D eigenvalue weighted by Crippen LogP contribution is 2.19. The van der Waals surface area contributed by atoms with Crippen LogP contribution in [0.1, 0.15) is 46.0 Å². The van der Waals surface area contributed by atoms with Crippen LogP contribution in [0.15, 0.2) is 42.5 Å². The zero-order valence-electron chi connectivity index (χ0n) is 12.5. The molecule has 0 bridgehead atoms. The minimum atomic E-state index is 0.126. The van der Waals surface area contributed by atoms with Crippen LogP contribution < -0.4 is 5.32 Å². The van der Waals surface area contributed by atoms with Crippen molar-refractivity contribution in [2.45, 2.75) is 32.7 Å². The lowest BCUT2D eigenvalue weighted by atomic mass is 9.94. The summed E-state index contributed by atoms with van der Waals surface area (Å²) in [5.41, 5.74) is 5.46. The molecule has 0 spiro atoms. The molecular formula is C19H21NO. The molecular weight excluding hydrogens is 258 g/mol. The van der Waals surface area contributed by atoms with Crippen LogP contribution in [0.4, 0.5) is 0 Å². The Bertz CT molecular complexity index is 660. The van der Waals surface area contributed by atoms with Gasteiger partial charge in [0.05, 0.1) is 0 Å². The molecule has 1 aliphatic heterocycles. The van der Waals surface area contributed by atoms with E-state index in [-0.39, 0.29) is 5.78 Å². The Morgan fingerprint density at radius 3 is 2.81 bits per heavy atom. The molecule has 0 radical (unpaired) electrons. The van der Waals surface area contributed by atoms with Crippen LogP contribution >= 0.6 is 0 Å². The second-order valence-electron chi connectivity index (χ2n) is 5.69. The second-order valence-corrected chi connectivity index (χ2v) is 5.69. The molecule has 108 valence electrons. The van der Waals surface area contributed by atoms with Crippen LogP contribution in [0.25, 0.3) is 0 Å². The molecule has 0 aliphatic carbocycles. The average molecular weight is 279 g/mol. The number of ketones is 1. The first-order valence-corrected chi connectivity index (χ1v) is 7.74. The largest absolute Gasteiger partial charge is 0.312 e. The molecule has 2 nitrogen and oxygen atoms in total. The molecule has 21 heavy (non-hydrogen) atoms. The molecule has 1 N–H and O–H groups in total. The summed E-state index contributed by atoms with van der Waals surface area (Å²) in [6, 6.07) is 14.2. The topological polar surface area (TPSA) is 29.1 Å². The lowest BCUT2D eigenvalue weighted by Gasteiger charge is -2.17. The molecule has 0 fully saturated rings. The van der Waals surface area contributed by atoms with Gasteiger partial charge in [0.2, 0.25) is 0 Å². The van der Waals surface area contributed by atoms with E-state index in [0.29, 0.717) is 0 Å². The van der Waals surface area contributed by atoms with E-state index in [4.69, 9.17) is 0 Å². The monoisotopic (exact) mass is 279 g/mol. The van der Waals surface area contributed by atoms with Crippen molar-refractivity contribution >= 4 is 5.78 Å². The molecule has 1 aliphatic rings. The molecule has 0 saturated carbocycles. The molecule has 3 rings (SSSR count). The SMILES string of the molecule is CCCc1cccc(C(=O)c2ccc3c(c2)CNCC3)c1. The summed E-state index contributed by atoms with van der Waals surface area (Å²) in [6.07, 6.45) is 3.17. The van der Waals surface area contributed by atoms with Crippen LogP contribution in [0.2, 0.25) is 0 Å². The molecule has 2 heteroatoms. The Labute approximate surface area is 126 Å². The fourth-order valence-electron chi connectivity index (χ4n) is 2.95. The number of carbonyl (C=O) groups is 1. The Kier molecular flexibility index (Phi) is 4.16. The average Bonchev–Trinajstić information content (AvgIpc) is 2.54. The number of fused-ring (bicyclic) bond motifs is 1. The summed E-state index contributed by atoms with van der Waals surface area (Å²) in [5, 5.41) is 3.36. The maximum atomic E-state index is 12.7. The first-order chi connectivity index (χ1) is 10.3. The van der Waals surface area contributed by atoms with Crippen LogP contribution in [0, 0.1) is 0 Å². The predicted molar refractivity (Wildman–Crippen MR) is 85.7 cm³/mol. The molecule has 0 unspecified atom stereocenters. The van der Waals surface area contributed by atoms with Crippen LogP contribution in [0.3, 0.4) is 0 Å². The third-order valence-corrected chi connectivity index (χ3v) is 4.08. The summed E-state index contributed by atoms with van der Waals surface area (Å²) in [4.78, 5) is 12.7. The highest BCUT2D eigenvalue weighted by molar-refractivity contribution is 6.09. The quantitative estimate of drug-likeness (QED) is 0.868. The number of carbonyl (C=O) groups excluding carboxylic acids is 1. The molecule has 1 heterocycles. The summed E-state index contributed by atoms with van der Waals surface area (Å²) < 4.78 is 0. The molecule has 0 amide bonds. The van der Waals surface area contributed by atoms with E-state index < -0.39 is 0 Å². The fraction of sp³-hybridized carbons (Fsp3) is 0.316. The lowest BCUT2D eigenvalue weighted by molar-refractivity contribution is 0.103. The number of aryl methyl sites for hydroxylation is 1. The van der Waals surface area contributed by atoms with Crippen LogP contribution in [-0.2, 0) is 19.4 Å². The number of rotatable bonds is 4. The highest BCUT2D eigenvalue weighted by Gasteiger charge is 2.14. The van der Waals surface area contributed by atoms with Gasteiger partial charge in [0.1, 0.15) is 0 Å². The van der Waals surface area contributed by atoms with Gasteiger partial charge in [-0.05, 0) is 48.2 Å². The standard InChI is InChI=1S/C19H21NO/c1-2-4-14-5-3-6-16(11-14)19(21)17-8-7-15-9-10-20-13-18(15)12-17/h3,5-8,11-12,20H,2,4,9-10,13H2,1H3. The Morgan fingerprint density at radius 2 is 1.95 bits per heavy atom. The lowest BCUT2D eigenvalue weighted by Crippen LogP contribution is -2.23.